The predicted molar refractivity (Wildman–Crippen MR) is 251 cm³/mol. The maximum Gasteiger partial charge on any atom is 0.182 e. The maximum atomic E-state index is 4.91. The van der Waals surface area contributed by atoms with Crippen LogP contribution in [0, 0.1) is 0 Å². The van der Waals surface area contributed by atoms with Gasteiger partial charge >= 0.3 is 0 Å². The third-order valence-electron chi connectivity index (χ3n) is 11.7. The van der Waals surface area contributed by atoms with Gasteiger partial charge in [-0.3, -0.25) is 9.97 Å². The zero-order valence-corrected chi connectivity index (χ0v) is 33.3. The van der Waals surface area contributed by atoms with Crippen molar-refractivity contribution in [2.45, 2.75) is 0 Å². The van der Waals surface area contributed by atoms with Gasteiger partial charge in [0.05, 0.1) is 22.1 Å². The molecule has 0 aliphatic carbocycles. The Bertz CT molecular complexity index is 3560. The van der Waals surface area contributed by atoms with Crippen LogP contribution in [0.25, 0.3) is 112 Å². The number of benzene rings is 7. The van der Waals surface area contributed by atoms with Crippen LogP contribution in [0.2, 0.25) is 0 Å². The molecule has 7 heteroatoms. The van der Waals surface area contributed by atoms with E-state index in [1.165, 1.54) is 43.7 Å². The van der Waals surface area contributed by atoms with Crippen LogP contribution in [0.15, 0.2) is 213 Å². The second-order valence-corrected chi connectivity index (χ2v) is 15.4. The first kappa shape index (κ1) is 35.4. The summed E-state index contributed by atoms with van der Waals surface area (Å²) in [6.45, 7) is 0. The minimum Gasteiger partial charge on any atom is -0.309 e. The first-order chi connectivity index (χ1) is 30.7. The zero-order valence-electron chi connectivity index (χ0n) is 33.3. The largest absolute Gasteiger partial charge is 0.309 e. The Balaban J connectivity index is 0.921. The molecule has 0 amide bonds. The van der Waals surface area contributed by atoms with Crippen LogP contribution in [0.3, 0.4) is 0 Å². The zero-order chi connectivity index (χ0) is 41.0. The molecule has 0 saturated heterocycles. The van der Waals surface area contributed by atoms with Crippen molar-refractivity contribution in [1.29, 1.82) is 0 Å². The molecule has 5 heterocycles. The number of rotatable bonds is 7. The smallest absolute Gasteiger partial charge is 0.182 e. The van der Waals surface area contributed by atoms with Crippen LogP contribution in [0.5, 0.6) is 0 Å². The lowest BCUT2D eigenvalue weighted by Gasteiger charge is -2.11. The quantitative estimate of drug-likeness (QED) is 0.161. The Labute approximate surface area is 356 Å². The van der Waals surface area contributed by atoms with Crippen molar-refractivity contribution in [3.63, 3.8) is 0 Å². The summed E-state index contributed by atoms with van der Waals surface area (Å²) < 4.78 is 4.74. The summed E-state index contributed by atoms with van der Waals surface area (Å²) in [5.74, 6) is 1.55. The first-order valence-electron chi connectivity index (χ1n) is 20.7. The van der Waals surface area contributed by atoms with Gasteiger partial charge in [0.2, 0.25) is 0 Å². The lowest BCUT2D eigenvalue weighted by atomic mass is 10.0. The molecule has 12 rings (SSSR count). The highest BCUT2D eigenvalue weighted by atomic mass is 15.1. The highest BCUT2D eigenvalue weighted by Crippen LogP contribution is 2.38. The predicted octanol–water partition coefficient (Wildman–Crippen LogP) is 13.2. The van der Waals surface area contributed by atoms with Crippen molar-refractivity contribution < 1.29 is 0 Å². The number of aromatic nitrogens is 7. The summed E-state index contributed by atoms with van der Waals surface area (Å²) >= 11 is 0. The second kappa shape index (κ2) is 14.6. The van der Waals surface area contributed by atoms with E-state index < -0.39 is 0 Å². The maximum absolute atomic E-state index is 4.91. The molecule has 7 aromatic carbocycles. The first-order valence-corrected chi connectivity index (χ1v) is 20.7. The lowest BCUT2D eigenvalue weighted by Crippen LogP contribution is -2.01. The summed E-state index contributed by atoms with van der Waals surface area (Å²) in [5.41, 5.74) is 13.7. The van der Waals surface area contributed by atoms with Crippen molar-refractivity contribution >= 4 is 43.6 Å². The minimum absolute atomic E-state index is 0.497. The molecular weight excluding hydrogens is 759 g/mol. The van der Waals surface area contributed by atoms with E-state index in [1.54, 1.807) is 12.4 Å². The van der Waals surface area contributed by atoms with Gasteiger partial charge in [0, 0.05) is 50.9 Å². The molecule has 0 aliphatic heterocycles. The normalized spacial score (nSPS) is 11.5. The molecule has 0 bridgehead atoms. The van der Waals surface area contributed by atoms with Crippen LogP contribution in [-0.4, -0.2) is 34.1 Å². The van der Waals surface area contributed by atoms with Crippen LogP contribution in [0.1, 0.15) is 0 Å². The van der Waals surface area contributed by atoms with Gasteiger partial charge in [-0.15, -0.1) is 0 Å². The van der Waals surface area contributed by atoms with E-state index in [0.717, 1.165) is 39.1 Å². The third kappa shape index (κ3) is 6.02. The van der Waals surface area contributed by atoms with Crippen molar-refractivity contribution in [3.8, 4) is 68.1 Å². The van der Waals surface area contributed by atoms with Crippen molar-refractivity contribution in [2.24, 2.45) is 0 Å². The van der Waals surface area contributed by atoms with E-state index >= 15 is 0 Å². The van der Waals surface area contributed by atoms with E-state index in [9.17, 15) is 0 Å². The number of fused-ring (bicyclic) bond motifs is 6. The Morgan fingerprint density at radius 1 is 0.274 bits per heavy atom. The van der Waals surface area contributed by atoms with Gasteiger partial charge in [-0.25, -0.2) is 15.0 Å². The van der Waals surface area contributed by atoms with Crippen LogP contribution < -0.4 is 0 Å². The molecule has 0 radical (unpaired) electrons. The minimum atomic E-state index is 0.497. The van der Waals surface area contributed by atoms with E-state index in [4.69, 9.17) is 15.0 Å². The number of para-hydroxylation sites is 3. The van der Waals surface area contributed by atoms with Crippen molar-refractivity contribution in [2.75, 3.05) is 0 Å². The van der Waals surface area contributed by atoms with E-state index in [0.29, 0.717) is 28.9 Å². The van der Waals surface area contributed by atoms with Gasteiger partial charge in [-0.05, 0) is 107 Å². The SMILES string of the molecule is c1ccc(-n2c3ccccc3c3ccc(-c4ccc(-n5c6ccccc6c6cc(-c7cccc(-c8nc(-c9ccccn9)nc(-c9ccccn9)n8)c7)ccc65)cc4)cc32)cc1. The lowest BCUT2D eigenvalue weighted by molar-refractivity contribution is 1.05. The van der Waals surface area contributed by atoms with Crippen molar-refractivity contribution in [3.05, 3.63) is 213 Å². The highest BCUT2D eigenvalue weighted by molar-refractivity contribution is 6.11. The fourth-order valence-corrected chi connectivity index (χ4v) is 8.80. The molecule has 0 fully saturated rings. The number of hydrogen-bond acceptors (Lipinski definition) is 5. The molecule has 290 valence electrons. The van der Waals surface area contributed by atoms with Gasteiger partial charge in [0.15, 0.2) is 17.5 Å². The Hall–Kier alpha value is -8.55. The average molecular weight is 794 g/mol. The molecule has 0 N–H and O–H groups in total. The molecule has 7 nitrogen and oxygen atoms in total. The van der Waals surface area contributed by atoms with E-state index in [1.807, 2.05) is 42.5 Å². The molecule has 0 atom stereocenters. The fraction of sp³-hybridized carbons (Fsp3) is 0. The topological polar surface area (TPSA) is 74.3 Å². The summed E-state index contributed by atoms with van der Waals surface area (Å²) in [6.07, 6.45) is 3.49. The molecule has 0 saturated carbocycles. The molecule has 0 spiro atoms. The Morgan fingerprint density at radius 3 is 1.47 bits per heavy atom. The summed E-state index contributed by atoms with van der Waals surface area (Å²) in [6, 6.07) is 70.3. The van der Waals surface area contributed by atoms with Gasteiger partial charge in [0.25, 0.3) is 0 Å². The summed E-state index contributed by atoms with van der Waals surface area (Å²) in [4.78, 5) is 23.7. The average Bonchev–Trinajstić information content (AvgIpc) is 3.87. The number of nitrogens with zero attached hydrogens (tertiary/aromatic N) is 7. The molecular formula is C55H35N7. The van der Waals surface area contributed by atoms with Gasteiger partial charge < -0.3 is 9.13 Å². The molecule has 0 aliphatic rings. The fourth-order valence-electron chi connectivity index (χ4n) is 8.80. The van der Waals surface area contributed by atoms with Crippen molar-refractivity contribution in [1.82, 2.24) is 34.1 Å². The van der Waals surface area contributed by atoms with Gasteiger partial charge in [-0.2, -0.15) is 0 Å². The Morgan fingerprint density at radius 2 is 0.774 bits per heavy atom. The number of pyridine rings is 2. The van der Waals surface area contributed by atoms with Crippen LogP contribution in [-0.2, 0) is 0 Å². The van der Waals surface area contributed by atoms with E-state index in [2.05, 4.69) is 177 Å². The number of hydrogen-bond donors (Lipinski definition) is 0. The van der Waals surface area contributed by atoms with Crippen LogP contribution >= 0.6 is 0 Å². The van der Waals surface area contributed by atoms with Gasteiger partial charge in [0.1, 0.15) is 11.4 Å². The van der Waals surface area contributed by atoms with Gasteiger partial charge in [-0.1, -0.05) is 115 Å². The second-order valence-electron chi connectivity index (χ2n) is 15.4. The molecule has 5 aromatic heterocycles. The summed E-state index contributed by atoms with van der Waals surface area (Å²) in [7, 11) is 0. The standard InChI is InChI=1S/C55H35N7/c1-2-15-41(16-3-1)62-49-21-6-4-17-43(49)45-29-25-39(35-52(45)62)36-23-27-42(28-24-36)61-50-22-7-5-18-44(50)46-34-38(26-30-51(46)61)37-13-12-14-40(33-37)53-58-54(47-19-8-10-31-56-47)60-55(59-53)48-20-9-11-32-57-48/h1-35H. The highest BCUT2D eigenvalue weighted by Gasteiger charge is 2.17. The third-order valence-corrected chi connectivity index (χ3v) is 11.7. The van der Waals surface area contributed by atoms with E-state index in [-0.39, 0.29) is 0 Å². The van der Waals surface area contributed by atoms with Crippen LogP contribution in [0.4, 0.5) is 0 Å². The molecule has 62 heavy (non-hydrogen) atoms. The molecule has 12 aromatic rings. The summed E-state index contributed by atoms with van der Waals surface area (Å²) in [5, 5.41) is 4.88. The molecule has 0 unspecified atom stereocenters. The monoisotopic (exact) mass is 793 g/mol. The Kier molecular flexibility index (Phi) is 8.35.